The molecule has 6 heteroatoms. The number of nitrogens with one attached hydrogen (secondary N) is 1. The van der Waals surface area contributed by atoms with Crippen LogP contribution in [0.3, 0.4) is 0 Å². The van der Waals surface area contributed by atoms with Crippen molar-refractivity contribution < 1.29 is 19.7 Å². The molecular formula is C12H14N2O4. The van der Waals surface area contributed by atoms with Gasteiger partial charge in [-0.3, -0.25) is 0 Å². The molecule has 0 saturated heterocycles. The minimum atomic E-state index is -1.92. The molecule has 0 heterocycles. The third kappa shape index (κ3) is 2.90. The molecule has 0 fully saturated rings. The predicted octanol–water partition coefficient (Wildman–Crippen LogP) is 0.814. The normalized spacial score (nSPS) is 13.2. The van der Waals surface area contributed by atoms with E-state index in [9.17, 15) is 9.90 Å². The van der Waals surface area contributed by atoms with Gasteiger partial charge in [0.05, 0.1) is 24.9 Å². The second-order valence-electron chi connectivity index (χ2n) is 3.93. The Morgan fingerprint density at radius 3 is 2.78 bits per heavy atom. The van der Waals surface area contributed by atoms with Gasteiger partial charge in [-0.2, -0.15) is 5.26 Å². The highest BCUT2D eigenvalue weighted by molar-refractivity contribution is 5.78. The van der Waals surface area contributed by atoms with Crippen LogP contribution in [-0.2, 0) is 4.79 Å². The van der Waals surface area contributed by atoms with Gasteiger partial charge in [-0.1, -0.05) is 6.07 Å². The number of aliphatic hydroxyl groups is 1. The first-order valence-electron chi connectivity index (χ1n) is 5.19. The second-order valence-corrected chi connectivity index (χ2v) is 3.93. The highest BCUT2D eigenvalue weighted by atomic mass is 16.5. The number of hydrogen-bond acceptors (Lipinski definition) is 5. The van der Waals surface area contributed by atoms with E-state index in [1.807, 2.05) is 6.07 Å². The zero-order chi connectivity index (χ0) is 13.8. The average Bonchev–Trinajstić information content (AvgIpc) is 2.35. The van der Waals surface area contributed by atoms with Gasteiger partial charge < -0.3 is 20.3 Å². The fourth-order valence-electron chi connectivity index (χ4n) is 1.31. The SMILES string of the molecule is COc1cccc(C#N)c1NCC(C)(O)C(=O)O. The fraction of sp³-hybridized carbons (Fsp3) is 0.333. The number of rotatable bonds is 5. The lowest BCUT2D eigenvalue weighted by atomic mass is 10.1. The molecule has 0 bridgehead atoms. The maximum atomic E-state index is 10.8. The summed E-state index contributed by atoms with van der Waals surface area (Å²) in [5.41, 5.74) is -1.24. The van der Waals surface area contributed by atoms with E-state index in [0.29, 0.717) is 17.0 Å². The molecule has 0 aliphatic carbocycles. The lowest BCUT2D eigenvalue weighted by molar-refractivity contribution is -0.155. The van der Waals surface area contributed by atoms with Crippen LogP contribution in [0.25, 0.3) is 0 Å². The van der Waals surface area contributed by atoms with E-state index in [2.05, 4.69) is 5.32 Å². The Labute approximate surface area is 104 Å². The van der Waals surface area contributed by atoms with Gasteiger partial charge in [-0.15, -0.1) is 0 Å². The smallest absolute Gasteiger partial charge is 0.337 e. The van der Waals surface area contributed by atoms with Gasteiger partial charge in [0.1, 0.15) is 11.8 Å². The molecule has 0 spiro atoms. The summed E-state index contributed by atoms with van der Waals surface area (Å²) in [7, 11) is 1.44. The average molecular weight is 250 g/mol. The van der Waals surface area contributed by atoms with Crippen molar-refractivity contribution in [2.45, 2.75) is 12.5 Å². The summed E-state index contributed by atoms with van der Waals surface area (Å²) in [5.74, 6) is -0.932. The first kappa shape index (κ1) is 13.8. The van der Waals surface area contributed by atoms with Crippen molar-refractivity contribution in [1.29, 1.82) is 5.26 Å². The number of nitrogens with zero attached hydrogens (tertiary/aromatic N) is 1. The van der Waals surface area contributed by atoms with Gasteiger partial charge in [0.15, 0.2) is 5.60 Å². The summed E-state index contributed by atoms with van der Waals surface area (Å²) in [6.07, 6.45) is 0. The van der Waals surface area contributed by atoms with E-state index in [1.54, 1.807) is 18.2 Å². The highest BCUT2D eigenvalue weighted by Gasteiger charge is 2.30. The van der Waals surface area contributed by atoms with Gasteiger partial charge in [-0.25, -0.2) is 4.79 Å². The zero-order valence-corrected chi connectivity index (χ0v) is 10.1. The van der Waals surface area contributed by atoms with E-state index in [0.717, 1.165) is 0 Å². The number of hydrogen-bond donors (Lipinski definition) is 3. The number of carbonyl (C=O) groups is 1. The first-order chi connectivity index (χ1) is 8.42. The molecule has 1 rings (SSSR count). The number of carboxylic acids is 1. The van der Waals surface area contributed by atoms with Crippen molar-refractivity contribution in [3.63, 3.8) is 0 Å². The molecule has 0 aliphatic heterocycles. The maximum Gasteiger partial charge on any atom is 0.337 e. The summed E-state index contributed by atoms with van der Waals surface area (Å²) in [4.78, 5) is 10.8. The minimum Gasteiger partial charge on any atom is -0.495 e. The van der Waals surface area contributed by atoms with E-state index in [1.165, 1.54) is 14.0 Å². The lowest BCUT2D eigenvalue weighted by Gasteiger charge is -2.20. The molecule has 1 aromatic carbocycles. The molecule has 0 radical (unpaired) electrons. The Morgan fingerprint density at radius 2 is 2.28 bits per heavy atom. The van der Waals surface area contributed by atoms with Crippen LogP contribution in [0.4, 0.5) is 5.69 Å². The summed E-state index contributed by atoms with van der Waals surface area (Å²) in [6.45, 7) is 0.932. The predicted molar refractivity (Wildman–Crippen MR) is 64.5 cm³/mol. The highest BCUT2D eigenvalue weighted by Crippen LogP contribution is 2.28. The topological polar surface area (TPSA) is 103 Å². The Bertz CT molecular complexity index is 491. The number of para-hydroxylation sites is 1. The van der Waals surface area contributed by atoms with Gasteiger partial charge in [0.2, 0.25) is 0 Å². The quantitative estimate of drug-likeness (QED) is 0.714. The molecule has 96 valence electrons. The monoisotopic (exact) mass is 250 g/mol. The molecule has 0 saturated carbocycles. The van der Waals surface area contributed by atoms with E-state index in [-0.39, 0.29) is 6.54 Å². The van der Waals surface area contributed by atoms with Crippen molar-refractivity contribution in [3.8, 4) is 11.8 Å². The first-order valence-corrected chi connectivity index (χ1v) is 5.19. The van der Waals surface area contributed by atoms with Crippen LogP contribution in [-0.4, -0.2) is 35.4 Å². The van der Waals surface area contributed by atoms with E-state index >= 15 is 0 Å². The standard InChI is InChI=1S/C12H14N2O4/c1-12(17,11(15)16)7-14-10-8(6-13)4-3-5-9(10)18-2/h3-5,14,17H,7H2,1-2H3,(H,15,16). The number of methoxy groups -OCH3 is 1. The van der Waals surface area contributed by atoms with Crippen molar-refractivity contribution in [1.82, 2.24) is 0 Å². The van der Waals surface area contributed by atoms with Gasteiger partial charge in [-0.05, 0) is 19.1 Å². The number of nitriles is 1. The molecule has 1 atom stereocenters. The molecule has 0 aromatic heterocycles. The molecule has 18 heavy (non-hydrogen) atoms. The molecule has 0 aliphatic rings. The maximum absolute atomic E-state index is 10.8. The third-order valence-electron chi connectivity index (χ3n) is 2.44. The fourth-order valence-corrected chi connectivity index (χ4v) is 1.31. The summed E-state index contributed by atoms with van der Waals surface area (Å²) >= 11 is 0. The largest absolute Gasteiger partial charge is 0.495 e. The van der Waals surface area contributed by atoms with Gasteiger partial charge >= 0.3 is 5.97 Å². The van der Waals surface area contributed by atoms with E-state index < -0.39 is 11.6 Å². The van der Waals surface area contributed by atoms with Crippen molar-refractivity contribution in [3.05, 3.63) is 23.8 Å². The Morgan fingerprint density at radius 1 is 1.61 bits per heavy atom. The molecule has 1 aromatic rings. The van der Waals surface area contributed by atoms with Crippen molar-refractivity contribution >= 4 is 11.7 Å². The molecule has 1 unspecified atom stereocenters. The lowest BCUT2D eigenvalue weighted by Crippen LogP contribution is -2.41. The third-order valence-corrected chi connectivity index (χ3v) is 2.44. The Hall–Kier alpha value is -2.26. The van der Waals surface area contributed by atoms with Crippen LogP contribution in [0.1, 0.15) is 12.5 Å². The summed E-state index contributed by atoms with van der Waals surface area (Å²) in [5, 5.41) is 30.1. The van der Waals surface area contributed by atoms with Crippen LogP contribution in [0.5, 0.6) is 5.75 Å². The number of carboxylic acid groups (broad SMARTS) is 1. The second kappa shape index (κ2) is 5.38. The van der Waals surface area contributed by atoms with Crippen LogP contribution < -0.4 is 10.1 Å². The van der Waals surface area contributed by atoms with E-state index in [4.69, 9.17) is 15.1 Å². The zero-order valence-electron chi connectivity index (χ0n) is 10.1. The Balaban J connectivity index is 2.98. The molecule has 0 amide bonds. The van der Waals surface area contributed by atoms with Crippen LogP contribution in [0.15, 0.2) is 18.2 Å². The molecule has 6 nitrogen and oxygen atoms in total. The Kier molecular flexibility index (Phi) is 4.13. The van der Waals surface area contributed by atoms with Crippen molar-refractivity contribution in [2.24, 2.45) is 0 Å². The number of ether oxygens (including phenoxy) is 1. The van der Waals surface area contributed by atoms with Crippen LogP contribution >= 0.6 is 0 Å². The van der Waals surface area contributed by atoms with Gasteiger partial charge in [0, 0.05) is 0 Å². The summed E-state index contributed by atoms with van der Waals surface area (Å²) < 4.78 is 5.07. The minimum absolute atomic E-state index is 0.239. The van der Waals surface area contributed by atoms with Crippen molar-refractivity contribution in [2.75, 3.05) is 19.0 Å². The molecular weight excluding hydrogens is 236 g/mol. The van der Waals surface area contributed by atoms with Crippen LogP contribution in [0.2, 0.25) is 0 Å². The molecule has 3 N–H and O–H groups in total. The van der Waals surface area contributed by atoms with Gasteiger partial charge in [0.25, 0.3) is 0 Å². The summed E-state index contributed by atoms with van der Waals surface area (Å²) in [6, 6.07) is 6.82. The number of anilines is 1. The van der Waals surface area contributed by atoms with Crippen LogP contribution in [0, 0.1) is 11.3 Å². The number of aliphatic carboxylic acids is 1. The number of benzene rings is 1.